The van der Waals surface area contributed by atoms with Gasteiger partial charge in [0.2, 0.25) is 0 Å². The highest BCUT2D eigenvalue weighted by Crippen LogP contribution is 2.30. The van der Waals surface area contributed by atoms with Crippen molar-refractivity contribution in [1.29, 1.82) is 0 Å². The van der Waals surface area contributed by atoms with E-state index in [-0.39, 0.29) is 5.41 Å². The van der Waals surface area contributed by atoms with Gasteiger partial charge in [-0.25, -0.2) is 0 Å². The third kappa shape index (κ3) is 2.31. The molecule has 2 nitrogen and oxygen atoms in total. The van der Waals surface area contributed by atoms with Gasteiger partial charge in [-0.05, 0) is 35.6 Å². The van der Waals surface area contributed by atoms with Crippen LogP contribution in [0.15, 0.2) is 42.0 Å². The van der Waals surface area contributed by atoms with Gasteiger partial charge in [0.05, 0.1) is 0 Å². The summed E-state index contributed by atoms with van der Waals surface area (Å²) in [5.74, 6) is 0. The normalized spacial score (nSPS) is 14.6. The maximum atomic E-state index is 5.94. The molecule has 2 heterocycles. The van der Waals surface area contributed by atoms with Crippen molar-refractivity contribution in [3.8, 4) is 0 Å². The summed E-state index contributed by atoms with van der Waals surface area (Å²) in [6.45, 7) is 2.88. The van der Waals surface area contributed by atoms with Crippen molar-refractivity contribution in [3.63, 3.8) is 0 Å². The Morgan fingerprint density at radius 1 is 1.31 bits per heavy atom. The molecule has 0 aliphatic heterocycles. The van der Waals surface area contributed by atoms with Crippen LogP contribution in [0.25, 0.3) is 0 Å². The molecule has 0 bridgehead atoms. The Labute approximate surface area is 100 Å². The van der Waals surface area contributed by atoms with Gasteiger partial charge in [0.1, 0.15) is 0 Å². The molecule has 84 valence electrons. The van der Waals surface area contributed by atoms with E-state index in [1.165, 1.54) is 10.4 Å². The van der Waals surface area contributed by atoms with Gasteiger partial charge in [-0.1, -0.05) is 13.0 Å². The largest absolute Gasteiger partial charge is 0.330 e. The molecule has 0 aliphatic rings. The van der Waals surface area contributed by atoms with Crippen LogP contribution in [-0.2, 0) is 11.8 Å². The molecule has 2 aromatic rings. The van der Waals surface area contributed by atoms with E-state index in [4.69, 9.17) is 5.73 Å². The number of thiophene rings is 1. The number of hydrogen-bond donors (Lipinski definition) is 1. The molecule has 0 fully saturated rings. The minimum absolute atomic E-state index is 0.0372. The van der Waals surface area contributed by atoms with Gasteiger partial charge in [0.25, 0.3) is 0 Å². The van der Waals surface area contributed by atoms with Crippen molar-refractivity contribution in [2.45, 2.75) is 18.8 Å². The Morgan fingerprint density at radius 3 is 2.62 bits per heavy atom. The lowest BCUT2D eigenvalue weighted by Gasteiger charge is -2.26. The summed E-state index contributed by atoms with van der Waals surface area (Å²) in [6.07, 6.45) is 4.63. The zero-order chi connectivity index (χ0) is 11.4. The molecule has 2 aromatic heterocycles. The molecule has 0 amide bonds. The third-order valence-corrected chi connectivity index (χ3v) is 4.09. The highest BCUT2D eigenvalue weighted by molar-refractivity contribution is 7.10. The predicted octanol–water partition coefficient (Wildman–Crippen LogP) is 2.60. The van der Waals surface area contributed by atoms with E-state index in [0.717, 1.165) is 6.42 Å². The Kier molecular flexibility index (Phi) is 3.36. The molecular formula is C13H16N2S. The molecule has 0 aromatic carbocycles. The summed E-state index contributed by atoms with van der Waals surface area (Å²) < 4.78 is 0. The minimum atomic E-state index is 0.0372. The fourth-order valence-electron chi connectivity index (χ4n) is 1.83. The second-order valence-corrected chi connectivity index (χ2v) is 5.22. The number of nitrogens with zero attached hydrogens (tertiary/aromatic N) is 1. The van der Waals surface area contributed by atoms with Crippen molar-refractivity contribution in [2.24, 2.45) is 5.73 Å². The lowest BCUT2D eigenvalue weighted by molar-refractivity contribution is 0.490. The summed E-state index contributed by atoms with van der Waals surface area (Å²) in [7, 11) is 0. The molecule has 0 spiro atoms. The lowest BCUT2D eigenvalue weighted by Crippen LogP contribution is -2.33. The fraction of sp³-hybridized carbons (Fsp3) is 0.308. The van der Waals surface area contributed by atoms with Crippen LogP contribution in [0, 0.1) is 0 Å². The molecule has 1 atom stereocenters. The summed E-state index contributed by atoms with van der Waals surface area (Å²) >= 11 is 1.78. The van der Waals surface area contributed by atoms with E-state index in [9.17, 15) is 0 Å². The van der Waals surface area contributed by atoms with Gasteiger partial charge in [-0.2, -0.15) is 0 Å². The third-order valence-electron chi connectivity index (χ3n) is 2.91. The standard InChI is InChI=1S/C13H16N2S/c1-13(10-14,12-3-2-8-16-12)9-11-4-6-15-7-5-11/h2-8H,9-10,14H2,1H3. The van der Waals surface area contributed by atoms with Crippen molar-refractivity contribution >= 4 is 11.3 Å². The van der Waals surface area contributed by atoms with Crippen LogP contribution in [0.4, 0.5) is 0 Å². The van der Waals surface area contributed by atoms with Gasteiger partial charge in [-0.3, -0.25) is 4.98 Å². The second kappa shape index (κ2) is 4.76. The van der Waals surface area contributed by atoms with Crippen LogP contribution < -0.4 is 5.73 Å². The molecule has 1 unspecified atom stereocenters. The quantitative estimate of drug-likeness (QED) is 0.880. The maximum Gasteiger partial charge on any atom is 0.0270 e. The summed E-state index contributed by atoms with van der Waals surface area (Å²) in [5.41, 5.74) is 7.26. The smallest absolute Gasteiger partial charge is 0.0270 e. The number of rotatable bonds is 4. The lowest BCUT2D eigenvalue weighted by atomic mass is 9.82. The molecular weight excluding hydrogens is 216 g/mol. The summed E-state index contributed by atoms with van der Waals surface area (Å²) in [6, 6.07) is 8.36. The number of aromatic nitrogens is 1. The number of pyridine rings is 1. The van der Waals surface area contributed by atoms with Gasteiger partial charge in [-0.15, -0.1) is 11.3 Å². The van der Waals surface area contributed by atoms with Crippen LogP contribution in [-0.4, -0.2) is 11.5 Å². The first-order valence-corrected chi connectivity index (χ1v) is 6.25. The van der Waals surface area contributed by atoms with Gasteiger partial charge >= 0.3 is 0 Å². The van der Waals surface area contributed by atoms with E-state index in [2.05, 4.69) is 41.6 Å². The van der Waals surface area contributed by atoms with E-state index < -0.39 is 0 Å². The van der Waals surface area contributed by atoms with E-state index in [1.807, 2.05) is 12.4 Å². The van der Waals surface area contributed by atoms with E-state index in [0.29, 0.717) is 6.54 Å². The highest BCUT2D eigenvalue weighted by Gasteiger charge is 2.26. The van der Waals surface area contributed by atoms with Crippen LogP contribution in [0.3, 0.4) is 0 Å². The fourth-order valence-corrected chi connectivity index (χ4v) is 2.73. The monoisotopic (exact) mass is 232 g/mol. The molecule has 3 heteroatoms. The molecule has 0 aliphatic carbocycles. The Morgan fingerprint density at radius 2 is 2.06 bits per heavy atom. The Hall–Kier alpha value is -1.19. The van der Waals surface area contributed by atoms with Crippen LogP contribution in [0.2, 0.25) is 0 Å². The molecule has 2 rings (SSSR count). The van der Waals surface area contributed by atoms with Gasteiger partial charge < -0.3 is 5.73 Å². The first kappa shape index (κ1) is 11.3. The molecule has 0 saturated carbocycles. The van der Waals surface area contributed by atoms with Crippen molar-refractivity contribution in [1.82, 2.24) is 4.98 Å². The SMILES string of the molecule is CC(CN)(Cc1ccncc1)c1cccs1. The maximum absolute atomic E-state index is 5.94. The Balaban J connectivity index is 2.23. The first-order valence-electron chi connectivity index (χ1n) is 5.37. The van der Waals surface area contributed by atoms with E-state index >= 15 is 0 Å². The zero-order valence-corrected chi connectivity index (χ0v) is 10.2. The van der Waals surface area contributed by atoms with Crippen LogP contribution >= 0.6 is 11.3 Å². The van der Waals surface area contributed by atoms with Crippen molar-refractivity contribution in [2.75, 3.05) is 6.54 Å². The number of nitrogens with two attached hydrogens (primary N) is 1. The van der Waals surface area contributed by atoms with Crippen LogP contribution in [0.1, 0.15) is 17.4 Å². The number of hydrogen-bond acceptors (Lipinski definition) is 3. The van der Waals surface area contributed by atoms with E-state index in [1.54, 1.807) is 11.3 Å². The molecule has 0 saturated heterocycles. The van der Waals surface area contributed by atoms with Crippen molar-refractivity contribution in [3.05, 3.63) is 52.5 Å². The first-order chi connectivity index (χ1) is 7.74. The summed E-state index contributed by atoms with van der Waals surface area (Å²) in [4.78, 5) is 5.39. The molecule has 16 heavy (non-hydrogen) atoms. The molecule has 0 radical (unpaired) electrons. The molecule has 2 N–H and O–H groups in total. The average Bonchev–Trinajstić information content (AvgIpc) is 2.84. The topological polar surface area (TPSA) is 38.9 Å². The average molecular weight is 232 g/mol. The zero-order valence-electron chi connectivity index (χ0n) is 9.39. The van der Waals surface area contributed by atoms with Gasteiger partial charge in [0.15, 0.2) is 0 Å². The predicted molar refractivity (Wildman–Crippen MR) is 68.7 cm³/mol. The van der Waals surface area contributed by atoms with Crippen molar-refractivity contribution < 1.29 is 0 Å². The highest BCUT2D eigenvalue weighted by atomic mass is 32.1. The summed E-state index contributed by atoms with van der Waals surface area (Å²) in [5, 5.41) is 2.11. The van der Waals surface area contributed by atoms with Gasteiger partial charge in [0, 0.05) is 29.2 Å². The van der Waals surface area contributed by atoms with Crippen LogP contribution in [0.5, 0.6) is 0 Å². The second-order valence-electron chi connectivity index (χ2n) is 4.27. The minimum Gasteiger partial charge on any atom is -0.330 e. The Bertz CT molecular complexity index is 424.